The highest BCUT2D eigenvalue weighted by Gasteiger charge is 2.33. The first-order valence-electron chi connectivity index (χ1n) is 8.64. The highest BCUT2D eigenvalue weighted by atomic mass is 16.2. The minimum absolute atomic E-state index is 0.00838. The molecule has 5 nitrogen and oxygen atoms in total. The third-order valence-electron chi connectivity index (χ3n) is 5.36. The van der Waals surface area contributed by atoms with Gasteiger partial charge in [0.1, 0.15) is 0 Å². The van der Waals surface area contributed by atoms with Crippen LogP contribution >= 0.6 is 0 Å². The summed E-state index contributed by atoms with van der Waals surface area (Å²) < 4.78 is 0. The number of aromatic amines is 1. The molecule has 2 aliphatic rings. The van der Waals surface area contributed by atoms with Gasteiger partial charge in [-0.15, -0.1) is 0 Å². The van der Waals surface area contributed by atoms with Gasteiger partial charge in [0.15, 0.2) is 5.69 Å². The number of nitrogens with one attached hydrogen (secondary N) is 3. The summed E-state index contributed by atoms with van der Waals surface area (Å²) in [5, 5.41) is 13.9. The van der Waals surface area contributed by atoms with Crippen molar-refractivity contribution in [3.63, 3.8) is 0 Å². The van der Waals surface area contributed by atoms with Crippen LogP contribution in [0.1, 0.15) is 61.8 Å². The number of aromatic nitrogens is 2. The van der Waals surface area contributed by atoms with Gasteiger partial charge in [0.25, 0.3) is 5.91 Å². The number of carbonyl (C=O) groups is 1. The first-order chi connectivity index (χ1) is 10.6. The van der Waals surface area contributed by atoms with Crippen molar-refractivity contribution in [2.24, 2.45) is 17.8 Å². The second kappa shape index (κ2) is 6.41. The molecule has 1 fully saturated rings. The lowest BCUT2D eigenvalue weighted by Crippen LogP contribution is -2.46. The van der Waals surface area contributed by atoms with Crippen molar-refractivity contribution in [1.29, 1.82) is 0 Å². The third kappa shape index (κ3) is 3.05. The molecule has 3 unspecified atom stereocenters. The maximum Gasteiger partial charge on any atom is 0.272 e. The molecule has 1 amide bonds. The molecule has 0 spiro atoms. The first kappa shape index (κ1) is 15.5. The Morgan fingerprint density at radius 1 is 1.36 bits per heavy atom. The summed E-state index contributed by atoms with van der Waals surface area (Å²) in [7, 11) is 0. The fourth-order valence-electron chi connectivity index (χ4n) is 4.02. The molecule has 3 rings (SSSR count). The topological polar surface area (TPSA) is 69.8 Å². The van der Waals surface area contributed by atoms with Crippen LogP contribution in [0.15, 0.2) is 0 Å². The van der Waals surface area contributed by atoms with Gasteiger partial charge in [-0.3, -0.25) is 9.89 Å². The van der Waals surface area contributed by atoms with E-state index in [1.165, 1.54) is 12.8 Å². The van der Waals surface area contributed by atoms with Gasteiger partial charge in [-0.05, 0) is 30.6 Å². The zero-order chi connectivity index (χ0) is 15.7. The van der Waals surface area contributed by atoms with E-state index in [-0.39, 0.29) is 11.9 Å². The van der Waals surface area contributed by atoms with Crippen LogP contribution in [0.4, 0.5) is 0 Å². The van der Waals surface area contributed by atoms with E-state index in [4.69, 9.17) is 0 Å². The van der Waals surface area contributed by atoms with Gasteiger partial charge >= 0.3 is 0 Å². The largest absolute Gasteiger partial charge is 0.348 e. The Balaban J connectivity index is 1.73. The summed E-state index contributed by atoms with van der Waals surface area (Å²) in [6.45, 7) is 8.51. The molecule has 122 valence electrons. The average molecular weight is 304 g/mol. The molecular formula is C17H28N4O. The minimum atomic E-state index is -0.00838. The Morgan fingerprint density at radius 3 is 2.95 bits per heavy atom. The first-order valence-corrected chi connectivity index (χ1v) is 8.64. The lowest BCUT2D eigenvalue weighted by atomic mass is 9.74. The fraction of sp³-hybridized carbons (Fsp3) is 0.765. The van der Waals surface area contributed by atoms with E-state index in [1.807, 2.05) is 0 Å². The Kier molecular flexibility index (Phi) is 4.52. The van der Waals surface area contributed by atoms with Crippen LogP contribution in [-0.2, 0) is 13.0 Å². The summed E-state index contributed by atoms with van der Waals surface area (Å²) in [5.41, 5.74) is 2.75. The third-order valence-corrected chi connectivity index (χ3v) is 5.36. The van der Waals surface area contributed by atoms with Gasteiger partial charge in [-0.25, -0.2) is 0 Å². The van der Waals surface area contributed by atoms with Crippen LogP contribution in [-0.4, -0.2) is 28.7 Å². The molecule has 2 heterocycles. The van der Waals surface area contributed by atoms with Crippen LogP contribution in [0.25, 0.3) is 0 Å². The van der Waals surface area contributed by atoms with Crippen molar-refractivity contribution in [3.8, 4) is 0 Å². The lowest BCUT2D eigenvalue weighted by Gasteiger charge is -2.37. The van der Waals surface area contributed by atoms with Gasteiger partial charge in [0, 0.05) is 36.8 Å². The second-order valence-electron chi connectivity index (χ2n) is 7.36. The predicted octanol–water partition coefficient (Wildman–Crippen LogP) is 2.25. The van der Waals surface area contributed by atoms with Crippen molar-refractivity contribution in [3.05, 3.63) is 17.0 Å². The van der Waals surface area contributed by atoms with Crippen molar-refractivity contribution < 1.29 is 4.79 Å². The Labute approximate surface area is 132 Å². The maximum atomic E-state index is 12.7. The number of hydrogen-bond acceptors (Lipinski definition) is 3. The van der Waals surface area contributed by atoms with Crippen molar-refractivity contribution in [2.75, 3.05) is 6.54 Å². The van der Waals surface area contributed by atoms with Crippen LogP contribution < -0.4 is 10.6 Å². The van der Waals surface area contributed by atoms with Crippen LogP contribution in [0.2, 0.25) is 0 Å². The molecule has 3 N–H and O–H groups in total. The van der Waals surface area contributed by atoms with Crippen LogP contribution in [0, 0.1) is 17.8 Å². The molecule has 3 atom stereocenters. The monoisotopic (exact) mass is 304 g/mol. The molecule has 22 heavy (non-hydrogen) atoms. The van der Waals surface area contributed by atoms with E-state index in [1.54, 1.807) is 0 Å². The molecule has 1 aliphatic heterocycles. The Hall–Kier alpha value is -1.36. The van der Waals surface area contributed by atoms with E-state index in [0.717, 1.165) is 37.2 Å². The quantitative estimate of drug-likeness (QED) is 0.802. The molecule has 5 heteroatoms. The number of hydrogen-bond donors (Lipinski definition) is 3. The zero-order valence-corrected chi connectivity index (χ0v) is 13.9. The lowest BCUT2D eigenvalue weighted by molar-refractivity contribution is 0.0861. The van der Waals surface area contributed by atoms with Crippen molar-refractivity contribution >= 4 is 5.91 Å². The summed E-state index contributed by atoms with van der Waals surface area (Å²) in [6.07, 6.45) is 4.49. The number of carbonyl (C=O) groups excluding carboxylic acids is 1. The van der Waals surface area contributed by atoms with E-state index < -0.39 is 0 Å². The summed E-state index contributed by atoms with van der Waals surface area (Å²) in [6, 6.07) is 0.278. The SMILES string of the molecule is CC1CCC(C(C)C)C(NC(=O)c2n[nH]c3c2CNCC3)C1. The number of amides is 1. The van der Waals surface area contributed by atoms with Gasteiger partial charge in [-0.2, -0.15) is 5.10 Å². The standard InChI is InChI=1S/C17H28N4O/c1-10(2)12-5-4-11(3)8-15(12)19-17(22)16-13-9-18-7-6-14(13)20-21-16/h10-12,15,18H,4-9H2,1-3H3,(H,19,22)(H,20,21). The highest BCUT2D eigenvalue weighted by molar-refractivity contribution is 5.94. The van der Waals surface area contributed by atoms with E-state index in [9.17, 15) is 4.79 Å². The summed E-state index contributed by atoms with van der Waals surface area (Å²) >= 11 is 0. The molecule has 0 radical (unpaired) electrons. The number of nitrogens with zero attached hydrogens (tertiary/aromatic N) is 1. The molecule has 1 aromatic heterocycles. The number of H-pyrrole nitrogens is 1. The maximum absolute atomic E-state index is 12.7. The smallest absolute Gasteiger partial charge is 0.272 e. The van der Waals surface area contributed by atoms with Gasteiger partial charge < -0.3 is 10.6 Å². The van der Waals surface area contributed by atoms with Crippen LogP contribution in [0.3, 0.4) is 0 Å². The molecule has 0 aromatic carbocycles. The fourth-order valence-corrected chi connectivity index (χ4v) is 4.02. The molecule has 1 aliphatic carbocycles. The normalized spacial score (nSPS) is 28.5. The predicted molar refractivity (Wildman–Crippen MR) is 86.6 cm³/mol. The molecule has 0 saturated heterocycles. The Morgan fingerprint density at radius 2 is 2.18 bits per heavy atom. The van der Waals surface area contributed by atoms with Crippen molar-refractivity contribution in [2.45, 2.75) is 59.0 Å². The molecule has 1 saturated carbocycles. The van der Waals surface area contributed by atoms with Crippen molar-refractivity contribution in [1.82, 2.24) is 20.8 Å². The highest BCUT2D eigenvalue weighted by Crippen LogP contribution is 2.33. The molecular weight excluding hydrogens is 276 g/mol. The summed E-state index contributed by atoms with van der Waals surface area (Å²) in [5.74, 6) is 1.86. The zero-order valence-electron chi connectivity index (χ0n) is 13.9. The molecule has 1 aromatic rings. The number of fused-ring (bicyclic) bond motifs is 1. The Bertz CT molecular complexity index is 537. The van der Waals surface area contributed by atoms with Gasteiger partial charge in [0.05, 0.1) is 0 Å². The number of rotatable bonds is 3. The van der Waals surface area contributed by atoms with E-state index in [0.29, 0.717) is 23.4 Å². The minimum Gasteiger partial charge on any atom is -0.348 e. The average Bonchev–Trinajstić information content (AvgIpc) is 2.91. The van der Waals surface area contributed by atoms with Gasteiger partial charge in [0.2, 0.25) is 0 Å². The summed E-state index contributed by atoms with van der Waals surface area (Å²) in [4.78, 5) is 12.7. The van der Waals surface area contributed by atoms with Gasteiger partial charge in [-0.1, -0.05) is 27.2 Å². The second-order valence-corrected chi connectivity index (χ2v) is 7.36. The molecule has 0 bridgehead atoms. The van der Waals surface area contributed by atoms with Crippen LogP contribution in [0.5, 0.6) is 0 Å². The van der Waals surface area contributed by atoms with E-state index in [2.05, 4.69) is 41.6 Å². The van der Waals surface area contributed by atoms with E-state index >= 15 is 0 Å².